The molecule has 2 N–H and O–H groups in total. The normalized spacial score (nSPS) is 22.9. The average molecular weight is 159 g/mol. The van der Waals surface area contributed by atoms with Gasteiger partial charge in [0.1, 0.15) is 0 Å². The number of rotatable bonds is 3. The van der Waals surface area contributed by atoms with Crippen molar-refractivity contribution in [2.24, 2.45) is 11.7 Å². The van der Waals surface area contributed by atoms with E-state index < -0.39 is 0 Å². The number of ether oxygens (including phenoxy) is 2. The fraction of sp³-hybridized carbons (Fsp3) is 1.00. The van der Waals surface area contributed by atoms with Gasteiger partial charge in [-0.3, -0.25) is 0 Å². The summed E-state index contributed by atoms with van der Waals surface area (Å²) in [5, 5.41) is 0. The van der Waals surface area contributed by atoms with Crippen LogP contribution in [-0.4, -0.2) is 25.5 Å². The second-order valence-corrected chi connectivity index (χ2v) is 3.20. The molecule has 1 aliphatic heterocycles. The molecule has 1 heterocycles. The summed E-state index contributed by atoms with van der Waals surface area (Å²) in [4.78, 5) is 0. The van der Waals surface area contributed by atoms with Gasteiger partial charge in [0.2, 0.25) is 0 Å². The van der Waals surface area contributed by atoms with E-state index in [-0.39, 0.29) is 5.79 Å². The third-order valence-electron chi connectivity index (χ3n) is 2.15. The summed E-state index contributed by atoms with van der Waals surface area (Å²) < 4.78 is 11.1. The lowest BCUT2D eigenvalue weighted by Crippen LogP contribution is -2.38. The molecule has 1 aliphatic rings. The monoisotopic (exact) mass is 159 g/mol. The van der Waals surface area contributed by atoms with Crippen LogP contribution in [0.1, 0.15) is 20.3 Å². The molecule has 0 bridgehead atoms. The molecular weight excluding hydrogens is 142 g/mol. The molecule has 66 valence electrons. The minimum Gasteiger partial charge on any atom is -0.347 e. The van der Waals surface area contributed by atoms with E-state index in [1.807, 2.05) is 0 Å². The molecule has 0 spiro atoms. The maximum absolute atomic E-state index is 5.54. The van der Waals surface area contributed by atoms with E-state index in [2.05, 4.69) is 13.8 Å². The van der Waals surface area contributed by atoms with Gasteiger partial charge in [-0.15, -0.1) is 0 Å². The molecule has 11 heavy (non-hydrogen) atoms. The highest BCUT2D eigenvalue weighted by Crippen LogP contribution is 2.30. The highest BCUT2D eigenvalue weighted by atomic mass is 16.7. The molecule has 0 atom stereocenters. The molecule has 0 aromatic carbocycles. The predicted octanol–water partition coefficient (Wildman–Crippen LogP) is 0.734. The second kappa shape index (κ2) is 3.52. The average Bonchev–Trinajstić information content (AvgIpc) is 2.38. The molecule has 0 unspecified atom stereocenters. The summed E-state index contributed by atoms with van der Waals surface area (Å²) in [5.41, 5.74) is 5.47. The van der Waals surface area contributed by atoms with Gasteiger partial charge < -0.3 is 15.2 Å². The molecule has 3 heteroatoms. The van der Waals surface area contributed by atoms with Crippen LogP contribution in [0, 0.1) is 5.92 Å². The maximum atomic E-state index is 5.54. The summed E-state index contributed by atoms with van der Waals surface area (Å²) >= 11 is 0. The molecule has 3 nitrogen and oxygen atoms in total. The lowest BCUT2D eigenvalue weighted by Gasteiger charge is -2.30. The predicted molar refractivity (Wildman–Crippen MR) is 43.1 cm³/mol. The quantitative estimate of drug-likeness (QED) is 0.660. The summed E-state index contributed by atoms with van der Waals surface area (Å²) in [7, 11) is 0. The van der Waals surface area contributed by atoms with Crippen LogP contribution in [-0.2, 0) is 9.47 Å². The maximum Gasteiger partial charge on any atom is 0.171 e. The Morgan fingerprint density at radius 2 is 1.91 bits per heavy atom. The largest absolute Gasteiger partial charge is 0.347 e. The molecule has 0 aromatic heterocycles. The van der Waals surface area contributed by atoms with Crippen molar-refractivity contribution in [2.75, 3.05) is 19.8 Å². The van der Waals surface area contributed by atoms with E-state index in [0.29, 0.717) is 25.7 Å². The third-order valence-corrected chi connectivity index (χ3v) is 2.15. The van der Waals surface area contributed by atoms with Gasteiger partial charge in [-0.05, 0) is 6.54 Å². The van der Waals surface area contributed by atoms with Crippen molar-refractivity contribution in [2.45, 2.75) is 26.1 Å². The van der Waals surface area contributed by atoms with Crippen LogP contribution in [0.5, 0.6) is 0 Å². The van der Waals surface area contributed by atoms with Crippen LogP contribution in [0.15, 0.2) is 0 Å². The lowest BCUT2D eigenvalue weighted by molar-refractivity contribution is -0.190. The Labute approximate surface area is 67.9 Å². The van der Waals surface area contributed by atoms with Gasteiger partial charge in [-0.25, -0.2) is 0 Å². The van der Waals surface area contributed by atoms with Crippen molar-refractivity contribution in [3.8, 4) is 0 Å². The first kappa shape index (κ1) is 8.97. The minimum atomic E-state index is -0.380. The van der Waals surface area contributed by atoms with Crippen molar-refractivity contribution in [3.05, 3.63) is 0 Å². The number of hydrogen-bond acceptors (Lipinski definition) is 3. The fourth-order valence-electron chi connectivity index (χ4n) is 1.44. The van der Waals surface area contributed by atoms with E-state index >= 15 is 0 Å². The topological polar surface area (TPSA) is 44.5 Å². The van der Waals surface area contributed by atoms with Gasteiger partial charge in [0, 0.05) is 12.3 Å². The SMILES string of the molecule is CC(C)C1(CCN)OCCO1. The van der Waals surface area contributed by atoms with Gasteiger partial charge in [-0.1, -0.05) is 13.8 Å². The highest BCUT2D eigenvalue weighted by molar-refractivity contribution is 4.77. The Balaban J connectivity index is 2.55. The Bertz CT molecular complexity index is 119. The van der Waals surface area contributed by atoms with Crippen molar-refractivity contribution in [3.63, 3.8) is 0 Å². The standard InChI is InChI=1S/C8H17NO2/c1-7(2)8(3-4-9)10-5-6-11-8/h7H,3-6,9H2,1-2H3. The van der Waals surface area contributed by atoms with Crippen LogP contribution in [0.2, 0.25) is 0 Å². The number of nitrogens with two attached hydrogens (primary N) is 1. The Morgan fingerprint density at radius 3 is 2.27 bits per heavy atom. The Morgan fingerprint density at radius 1 is 1.36 bits per heavy atom. The van der Waals surface area contributed by atoms with E-state index in [9.17, 15) is 0 Å². The summed E-state index contributed by atoms with van der Waals surface area (Å²) in [5.74, 6) is 0.00271. The van der Waals surface area contributed by atoms with Crippen LogP contribution in [0.25, 0.3) is 0 Å². The van der Waals surface area contributed by atoms with Crippen LogP contribution in [0.3, 0.4) is 0 Å². The van der Waals surface area contributed by atoms with E-state index in [1.54, 1.807) is 0 Å². The van der Waals surface area contributed by atoms with Gasteiger partial charge in [0.25, 0.3) is 0 Å². The van der Waals surface area contributed by atoms with Crippen LogP contribution >= 0.6 is 0 Å². The van der Waals surface area contributed by atoms with Gasteiger partial charge in [0.05, 0.1) is 13.2 Å². The van der Waals surface area contributed by atoms with Crippen LogP contribution < -0.4 is 5.73 Å². The molecule has 1 fully saturated rings. The highest BCUT2D eigenvalue weighted by Gasteiger charge is 2.38. The van der Waals surface area contributed by atoms with E-state index in [0.717, 1.165) is 6.42 Å². The lowest BCUT2D eigenvalue weighted by atomic mass is 10.00. The van der Waals surface area contributed by atoms with E-state index in [1.165, 1.54) is 0 Å². The first-order valence-electron chi connectivity index (χ1n) is 4.19. The molecule has 1 rings (SSSR count). The zero-order valence-corrected chi connectivity index (χ0v) is 7.30. The molecule has 0 amide bonds. The smallest absolute Gasteiger partial charge is 0.171 e. The molecule has 0 radical (unpaired) electrons. The summed E-state index contributed by atoms with van der Waals surface area (Å²) in [6.45, 7) is 6.23. The second-order valence-electron chi connectivity index (χ2n) is 3.20. The zero-order valence-electron chi connectivity index (χ0n) is 7.30. The first-order valence-corrected chi connectivity index (χ1v) is 4.19. The van der Waals surface area contributed by atoms with Crippen molar-refractivity contribution < 1.29 is 9.47 Å². The molecule has 0 saturated carbocycles. The summed E-state index contributed by atoms with van der Waals surface area (Å²) in [6.07, 6.45) is 0.796. The molecular formula is C8H17NO2. The first-order chi connectivity index (χ1) is 5.21. The van der Waals surface area contributed by atoms with Gasteiger partial charge >= 0.3 is 0 Å². The third kappa shape index (κ3) is 1.72. The zero-order chi connectivity index (χ0) is 8.32. The molecule has 0 aromatic rings. The van der Waals surface area contributed by atoms with Crippen molar-refractivity contribution in [1.29, 1.82) is 0 Å². The Hall–Kier alpha value is -0.120. The number of hydrogen-bond donors (Lipinski definition) is 1. The summed E-state index contributed by atoms with van der Waals surface area (Å²) in [6, 6.07) is 0. The van der Waals surface area contributed by atoms with Gasteiger partial charge in [-0.2, -0.15) is 0 Å². The van der Waals surface area contributed by atoms with E-state index in [4.69, 9.17) is 15.2 Å². The van der Waals surface area contributed by atoms with Gasteiger partial charge in [0.15, 0.2) is 5.79 Å². The Kier molecular flexibility index (Phi) is 2.87. The van der Waals surface area contributed by atoms with Crippen molar-refractivity contribution >= 4 is 0 Å². The minimum absolute atomic E-state index is 0.380. The molecule has 0 aliphatic carbocycles. The molecule has 1 saturated heterocycles. The van der Waals surface area contributed by atoms with Crippen molar-refractivity contribution in [1.82, 2.24) is 0 Å². The fourth-order valence-corrected chi connectivity index (χ4v) is 1.44. The van der Waals surface area contributed by atoms with Crippen LogP contribution in [0.4, 0.5) is 0 Å².